The van der Waals surface area contributed by atoms with Crippen LogP contribution >= 0.6 is 23.2 Å². The Labute approximate surface area is 105 Å². The number of rotatable bonds is 4. The van der Waals surface area contributed by atoms with Crippen LogP contribution in [0.4, 0.5) is 0 Å². The average molecular weight is 259 g/mol. The van der Waals surface area contributed by atoms with Crippen LogP contribution in [0.3, 0.4) is 0 Å². The Hall–Kier alpha value is -0.860. The predicted molar refractivity (Wildman–Crippen MR) is 65.3 cm³/mol. The van der Waals surface area contributed by atoms with E-state index in [9.17, 15) is 9.59 Å². The first-order valence-corrected chi connectivity index (χ1v) is 5.66. The summed E-state index contributed by atoms with van der Waals surface area (Å²) in [7, 11) is 0. The molecule has 0 saturated heterocycles. The molecule has 16 heavy (non-hydrogen) atoms. The van der Waals surface area contributed by atoms with Gasteiger partial charge in [0.15, 0.2) is 5.78 Å². The highest BCUT2D eigenvalue weighted by molar-refractivity contribution is 6.44. The van der Waals surface area contributed by atoms with Crippen LogP contribution in [0.1, 0.15) is 30.6 Å². The zero-order valence-corrected chi connectivity index (χ0v) is 10.6. The Bertz CT molecular complexity index is 427. The Kier molecular flexibility index (Phi) is 4.51. The number of carbonyl (C=O) groups excluding carboxylic acids is 2. The van der Waals surface area contributed by atoms with E-state index in [1.165, 1.54) is 6.92 Å². The second-order valence-electron chi connectivity index (χ2n) is 3.77. The summed E-state index contributed by atoms with van der Waals surface area (Å²) in [5, 5.41) is 0.604. The van der Waals surface area contributed by atoms with Gasteiger partial charge < -0.3 is 4.79 Å². The highest BCUT2D eigenvalue weighted by Gasteiger charge is 2.20. The van der Waals surface area contributed by atoms with Crippen molar-refractivity contribution in [3.8, 4) is 0 Å². The van der Waals surface area contributed by atoms with Gasteiger partial charge in [0.2, 0.25) is 0 Å². The Morgan fingerprint density at radius 2 is 1.94 bits per heavy atom. The first-order chi connectivity index (χ1) is 7.43. The lowest BCUT2D eigenvalue weighted by molar-refractivity contribution is -0.117. The molecule has 1 aromatic carbocycles. The Morgan fingerprint density at radius 3 is 2.50 bits per heavy atom. The summed E-state index contributed by atoms with van der Waals surface area (Å²) in [4.78, 5) is 22.9. The minimum absolute atomic E-state index is 0.0148. The van der Waals surface area contributed by atoms with Crippen molar-refractivity contribution < 1.29 is 9.59 Å². The second-order valence-corrected chi connectivity index (χ2v) is 4.56. The van der Waals surface area contributed by atoms with Gasteiger partial charge in [-0.05, 0) is 19.1 Å². The van der Waals surface area contributed by atoms with E-state index in [4.69, 9.17) is 23.2 Å². The van der Waals surface area contributed by atoms with Crippen molar-refractivity contribution in [3.05, 3.63) is 33.8 Å². The number of ketones is 2. The lowest BCUT2D eigenvalue weighted by Crippen LogP contribution is -2.14. The normalized spacial score (nSPS) is 12.2. The first kappa shape index (κ1) is 13.2. The molecule has 2 nitrogen and oxygen atoms in total. The van der Waals surface area contributed by atoms with E-state index < -0.39 is 0 Å². The molecule has 0 radical (unpaired) electrons. The lowest BCUT2D eigenvalue weighted by Gasteiger charge is -2.10. The summed E-state index contributed by atoms with van der Waals surface area (Å²) < 4.78 is 0. The van der Waals surface area contributed by atoms with E-state index in [0.717, 1.165) is 0 Å². The van der Waals surface area contributed by atoms with Crippen LogP contribution in [0, 0.1) is 5.92 Å². The summed E-state index contributed by atoms with van der Waals surface area (Å²) in [6.45, 7) is 3.17. The van der Waals surface area contributed by atoms with Gasteiger partial charge in [-0.1, -0.05) is 36.2 Å². The summed E-state index contributed by atoms with van der Waals surface area (Å²) in [6, 6.07) is 4.91. The minimum Gasteiger partial charge on any atom is -0.300 e. The first-order valence-electron chi connectivity index (χ1n) is 4.91. The Morgan fingerprint density at radius 1 is 1.31 bits per heavy atom. The standard InChI is InChI=1S/C12H12Cl2O2/c1-7(6-8(2)15)12(16)9-4-3-5-10(13)11(9)14/h3-5,7H,6H2,1-2H3. The molecule has 1 atom stereocenters. The van der Waals surface area contributed by atoms with Crippen molar-refractivity contribution in [3.63, 3.8) is 0 Å². The zero-order chi connectivity index (χ0) is 12.3. The molecular formula is C12H12Cl2O2. The van der Waals surface area contributed by atoms with Gasteiger partial charge in [0.1, 0.15) is 5.78 Å². The van der Waals surface area contributed by atoms with E-state index in [-0.39, 0.29) is 28.9 Å². The highest BCUT2D eigenvalue weighted by Crippen LogP contribution is 2.27. The molecule has 0 aliphatic heterocycles. The maximum Gasteiger partial charge on any atom is 0.167 e. The molecule has 0 aliphatic carbocycles. The fraction of sp³-hybridized carbons (Fsp3) is 0.333. The SMILES string of the molecule is CC(=O)CC(C)C(=O)c1cccc(Cl)c1Cl. The van der Waals surface area contributed by atoms with Gasteiger partial charge in [-0.25, -0.2) is 0 Å². The van der Waals surface area contributed by atoms with Crippen molar-refractivity contribution in [2.75, 3.05) is 0 Å². The molecule has 1 aromatic rings. The van der Waals surface area contributed by atoms with Gasteiger partial charge in [0.25, 0.3) is 0 Å². The molecule has 0 spiro atoms. The molecule has 0 aliphatic rings. The number of benzene rings is 1. The molecule has 0 amide bonds. The number of halogens is 2. The zero-order valence-electron chi connectivity index (χ0n) is 9.09. The molecule has 4 heteroatoms. The summed E-state index contributed by atoms with van der Waals surface area (Å²) in [5.41, 5.74) is 0.378. The number of hydrogen-bond acceptors (Lipinski definition) is 2. The molecule has 1 rings (SSSR count). The van der Waals surface area contributed by atoms with Crippen LogP contribution in [0.15, 0.2) is 18.2 Å². The number of Topliss-reactive ketones (excluding diaryl/α,β-unsaturated/α-hetero) is 2. The van der Waals surface area contributed by atoms with Gasteiger partial charge >= 0.3 is 0 Å². The van der Waals surface area contributed by atoms with Gasteiger partial charge in [0.05, 0.1) is 10.0 Å². The summed E-state index contributed by atoms with van der Waals surface area (Å²) >= 11 is 11.7. The molecule has 1 unspecified atom stereocenters. The second kappa shape index (κ2) is 5.46. The maximum atomic E-state index is 12.0. The van der Waals surface area contributed by atoms with E-state index >= 15 is 0 Å². The fourth-order valence-electron chi connectivity index (χ4n) is 1.48. The molecule has 0 heterocycles. The number of hydrogen-bond donors (Lipinski definition) is 0. The number of carbonyl (C=O) groups is 2. The van der Waals surface area contributed by atoms with Crippen LogP contribution in [-0.4, -0.2) is 11.6 Å². The third-order valence-electron chi connectivity index (χ3n) is 2.26. The van der Waals surface area contributed by atoms with E-state index in [2.05, 4.69) is 0 Å². The molecule has 0 bridgehead atoms. The van der Waals surface area contributed by atoms with Crippen LogP contribution in [-0.2, 0) is 4.79 Å². The summed E-state index contributed by atoms with van der Waals surface area (Å²) in [5.74, 6) is -0.532. The summed E-state index contributed by atoms with van der Waals surface area (Å²) in [6.07, 6.45) is 0.224. The fourth-order valence-corrected chi connectivity index (χ4v) is 1.88. The van der Waals surface area contributed by atoms with Crippen LogP contribution in [0.2, 0.25) is 10.0 Å². The smallest absolute Gasteiger partial charge is 0.167 e. The molecular weight excluding hydrogens is 247 g/mol. The highest BCUT2D eigenvalue weighted by atomic mass is 35.5. The van der Waals surface area contributed by atoms with E-state index in [1.54, 1.807) is 25.1 Å². The third-order valence-corrected chi connectivity index (χ3v) is 3.08. The van der Waals surface area contributed by atoms with Crippen molar-refractivity contribution in [2.45, 2.75) is 20.3 Å². The quantitative estimate of drug-likeness (QED) is 0.771. The van der Waals surface area contributed by atoms with E-state index in [0.29, 0.717) is 10.6 Å². The van der Waals surface area contributed by atoms with Crippen LogP contribution in [0.5, 0.6) is 0 Å². The minimum atomic E-state index is -0.367. The van der Waals surface area contributed by atoms with Crippen molar-refractivity contribution in [2.24, 2.45) is 5.92 Å². The van der Waals surface area contributed by atoms with Crippen LogP contribution < -0.4 is 0 Å². The largest absolute Gasteiger partial charge is 0.300 e. The van der Waals surface area contributed by atoms with Crippen molar-refractivity contribution in [1.29, 1.82) is 0 Å². The van der Waals surface area contributed by atoms with Crippen molar-refractivity contribution >= 4 is 34.8 Å². The molecule has 0 N–H and O–H groups in total. The lowest BCUT2D eigenvalue weighted by atomic mass is 9.95. The van der Waals surface area contributed by atoms with Gasteiger partial charge in [-0.3, -0.25) is 4.79 Å². The van der Waals surface area contributed by atoms with Gasteiger partial charge in [-0.15, -0.1) is 0 Å². The molecule has 0 fully saturated rings. The van der Waals surface area contributed by atoms with Crippen LogP contribution in [0.25, 0.3) is 0 Å². The van der Waals surface area contributed by atoms with Crippen molar-refractivity contribution in [1.82, 2.24) is 0 Å². The van der Waals surface area contributed by atoms with Gasteiger partial charge in [-0.2, -0.15) is 0 Å². The molecule has 0 aromatic heterocycles. The molecule has 86 valence electrons. The maximum absolute atomic E-state index is 12.0. The third kappa shape index (κ3) is 3.06. The topological polar surface area (TPSA) is 34.1 Å². The Balaban J connectivity index is 2.96. The van der Waals surface area contributed by atoms with E-state index in [1.807, 2.05) is 0 Å². The monoisotopic (exact) mass is 258 g/mol. The average Bonchev–Trinajstić information content (AvgIpc) is 2.20. The molecule has 0 saturated carbocycles. The predicted octanol–water partition coefficient (Wildman–Crippen LogP) is 3.79. The van der Waals surface area contributed by atoms with Gasteiger partial charge in [0, 0.05) is 17.9 Å².